The van der Waals surface area contributed by atoms with E-state index in [-0.39, 0.29) is 0 Å². The molecule has 2 heterocycles. The summed E-state index contributed by atoms with van der Waals surface area (Å²) in [5.41, 5.74) is 12.8. The van der Waals surface area contributed by atoms with Crippen LogP contribution in [0.1, 0.15) is 5.56 Å². The maximum atomic E-state index is 9.78. The smallest absolute Gasteiger partial charge is 0.135 e. The van der Waals surface area contributed by atoms with E-state index < -0.39 is 0 Å². The van der Waals surface area contributed by atoms with Crippen molar-refractivity contribution in [1.29, 1.82) is 5.26 Å². The Labute approximate surface area is 265 Å². The minimum absolute atomic E-state index is 0.633. The molecule has 0 aliphatic rings. The predicted octanol–water partition coefficient (Wildman–Crippen LogP) is 12.0. The molecule has 0 aliphatic heterocycles. The molecule has 7 aromatic carbocycles. The number of hydrogen-bond acceptors (Lipinski definition) is 3. The molecule has 0 amide bonds. The van der Waals surface area contributed by atoms with Gasteiger partial charge in [0.05, 0.1) is 11.6 Å². The van der Waals surface area contributed by atoms with E-state index in [9.17, 15) is 5.26 Å². The molecule has 46 heavy (non-hydrogen) atoms. The van der Waals surface area contributed by atoms with Gasteiger partial charge in [-0.1, -0.05) is 84.9 Å². The molecule has 3 heteroatoms. The van der Waals surface area contributed by atoms with Gasteiger partial charge in [-0.05, 0) is 111 Å². The van der Waals surface area contributed by atoms with Crippen molar-refractivity contribution < 1.29 is 8.83 Å². The van der Waals surface area contributed by atoms with Gasteiger partial charge in [-0.15, -0.1) is 0 Å². The lowest BCUT2D eigenvalue weighted by atomic mass is 9.88. The first-order chi connectivity index (χ1) is 22.7. The maximum absolute atomic E-state index is 9.78. The number of rotatable bonds is 4. The van der Waals surface area contributed by atoms with Crippen LogP contribution in [0.5, 0.6) is 0 Å². The van der Waals surface area contributed by atoms with Crippen molar-refractivity contribution in [2.45, 2.75) is 0 Å². The van der Waals surface area contributed by atoms with Gasteiger partial charge >= 0.3 is 0 Å². The van der Waals surface area contributed by atoms with E-state index in [4.69, 9.17) is 8.83 Å². The van der Waals surface area contributed by atoms with Gasteiger partial charge in [0.15, 0.2) is 0 Å². The zero-order valence-corrected chi connectivity index (χ0v) is 24.7. The van der Waals surface area contributed by atoms with Crippen LogP contribution in [0, 0.1) is 11.3 Å². The van der Waals surface area contributed by atoms with E-state index in [0.29, 0.717) is 5.56 Å². The Morgan fingerprint density at radius 2 is 0.870 bits per heavy atom. The van der Waals surface area contributed by atoms with E-state index in [0.717, 1.165) is 88.4 Å². The highest BCUT2D eigenvalue weighted by atomic mass is 16.3. The van der Waals surface area contributed by atoms with Gasteiger partial charge in [-0.3, -0.25) is 0 Å². The van der Waals surface area contributed by atoms with Crippen molar-refractivity contribution in [3.05, 3.63) is 157 Å². The van der Waals surface area contributed by atoms with Crippen LogP contribution in [0.25, 0.3) is 88.4 Å². The Balaban J connectivity index is 1.30. The Bertz CT molecular complexity index is 2520. The molecule has 0 unspecified atom stereocenters. The lowest BCUT2D eigenvalue weighted by Crippen LogP contribution is -1.90. The van der Waals surface area contributed by atoms with Crippen LogP contribution < -0.4 is 0 Å². The van der Waals surface area contributed by atoms with E-state index in [1.165, 1.54) is 0 Å². The Kier molecular flexibility index (Phi) is 5.88. The van der Waals surface area contributed by atoms with Crippen molar-refractivity contribution in [2.75, 3.05) is 0 Å². The van der Waals surface area contributed by atoms with Gasteiger partial charge in [-0.2, -0.15) is 5.26 Å². The number of nitriles is 1. The van der Waals surface area contributed by atoms with Gasteiger partial charge in [0, 0.05) is 21.5 Å². The monoisotopic (exact) mass is 587 g/mol. The fourth-order valence-electron chi connectivity index (χ4n) is 6.65. The van der Waals surface area contributed by atoms with Gasteiger partial charge in [-0.25, -0.2) is 0 Å². The molecule has 2 aromatic heterocycles. The number of para-hydroxylation sites is 2. The summed E-state index contributed by atoms with van der Waals surface area (Å²) in [7, 11) is 0. The van der Waals surface area contributed by atoms with Crippen molar-refractivity contribution in [1.82, 2.24) is 0 Å². The number of fused-ring (bicyclic) bond motifs is 6. The summed E-state index contributed by atoms with van der Waals surface area (Å²) in [6.07, 6.45) is 0. The first-order valence-electron chi connectivity index (χ1n) is 15.3. The van der Waals surface area contributed by atoms with Crippen molar-refractivity contribution in [3.63, 3.8) is 0 Å². The molecule has 0 saturated heterocycles. The van der Waals surface area contributed by atoms with Gasteiger partial charge < -0.3 is 8.83 Å². The molecule has 0 aliphatic carbocycles. The standard InChI is InChI=1S/C43H25NO2/c44-26-27-14-17-34(37(20-27)28-8-2-1-3-9-28)33-22-31(29-15-18-42-38(24-29)35-10-4-6-12-40(35)45-42)21-32(23-33)30-16-19-43-39(25-30)36-11-5-7-13-41(36)46-43/h1-25H. The molecule has 214 valence electrons. The molecule has 0 saturated carbocycles. The minimum Gasteiger partial charge on any atom is -0.456 e. The zero-order valence-electron chi connectivity index (χ0n) is 24.7. The average Bonchev–Trinajstić information content (AvgIpc) is 3.69. The largest absolute Gasteiger partial charge is 0.456 e. The molecule has 0 spiro atoms. The molecule has 0 bridgehead atoms. The molecule has 0 fully saturated rings. The predicted molar refractivity (Wildman–Crippen MR) is 187 cm³/mol. The molecule has 0 N–H and O–H groups in total. The summed E-state index contributed by atoms with van der Waals surface area (Å²) >= 11 is 0. The number of hydrogen-bond donors (Lipinski definition) is 0. The second-order valence-electron chi connectivity index (χ2n) is 11.7. The first-order valence-corrected chi connectivity index (χ1v) is 15.3. The Hall–Kier alpha value is -6.37. The molecular formula is C43H25NO2. The summed E-state index contributed by atoms with van der Waals surface area (Å²) in [6, 6.07) is 54.6. The highest BCUT2D eigenvalue weighted by Crippen LogP contribution is 2.40. The Morgan fingerprint density at radius 1 is 0.348 bits per heavy atom. The van der Waals surface area contributed by atoms with E-state index in [2.05, 4.69) is 103 Å². The second-order valence-corrected chi connectivity index (χ2v) is 11.7. The summed E-state index contributed by atoms with van der Waals surface area (Å²) < 4.78 is 12.3. The fraction of sp³-hybridized carbons (Fsp3) is 0. The van der Waals surface area contributed by atoms with E-state index in [1.807, 2.05) is 54.6 Å². The third kappa shape index (κ3) is 4.28. The van der Waals surface area contributed by atoms with Crippen molar-refractivity contribution >= 4 is 43.9 Å². The molecule has 9 aromatic rings. The van der Waals surface area contributed by atoms with E-state index >= 15 is 0 Å². The van der Waals surface area contributed by atoms with Crippen LogP contribution in [0.4, 0.5) is 0 Å². The Morgan fingerprint density at radius 3 is 1.46 bits per heavy atom. The summed E-state index contributed by atoms with van der Waals surface area (Å²) in [5.74, 6) is 0. The van der Waals surface area contributed by atoms with Crippen LogP contribution >= 0.6 is 0 Å². The van der Waals surface area contributed by atoms with Crippen LogP contribution in [0.15, 0.2) is 160 Å². The highest BCUT2D eigenvalue weighted by molar-refractivity contribution is 6.08. The van der Waals surface area contributed by atoms with Crippen molar-refractivity contribution in [3.8, 4) is 50.6 Å². The molecule has 0 radical (unpaired) electrons. The maximum Gasteiger partial charge on any atom is 0.135 e. The number of benzene rings is 7. The zero-order chi connectivity index (χ0) is 30.6. The van der Waals surface area contributed by atoms with Crippen LogP contribution in [0.2, 0.25) is 0 Å². The third-order valence-electron chi connectivity index (χ3n) is 8.90. The molecular weight excluding hydrogens is 562 g/mol. The highest BCUT2D eigenvalue weighted by Gasteiger charge is 2.15. The molecule has 9 rings (SSSR count). The van der Waals surface area contributed by atoms with Crippen LogP contribution in [0.3, 0.4) is 0 Å². The third-order valence-corrected chi connectivity index (χ3v) is 8.90. The topological polar surface area (TPSA) is 50.1 Å². The van der Waals surface area contributed by atoms with Gasteiger partial charge in [0.25, 0.3) is 0 Å². The van der Waals surface area contributed by atoms with Crippen LogP contribution in [-0.2, 0) is 0 Å². The summed E-state index contributed by atoms with van der Waals surface area (Å²) in [5, 5.41) is 14.2. The van der Waals surface area contributed by atoms with Crippen molar-refractivity contribution in [2.24, 2.45) is 0 Å². The lowest BCUT2D eigenvalue weighted by molar-refractivity contribution is 0.668. The first kappa shape index (κ1) is 26.1. The minimum atomic E-state index is 0.633. The summed E-state index contributed by atoms with van der Waals surface area (Å²) in [4.78, 5) is 0. The number of furan rings is 2. The quantitative estimate of drug-likeness (QED) is 0.206. The van der Waals surface area contributed by atoms with Crippen LogP contribution in [-0.4, -0.2) is 0 Å². The number of nitrogens with zero attached hydrogens (tertiary/aromatic N) is 1. The second kappa shape index (κ2) is 10.4. The fourth-order valence-corrected chi connectivity index (χ4v) is 6.65. The molecule has 0 atom stereocenters. The lowest BCUT2D eigenvalue weighted by Gasteiger charge is -2.15. The molecule has 3 nitrogen and oxygen atoms in total. The normalized spacial score (nSPS) is 11.5. The SMILES string of the molecule is N#Cc1ccc(-c2cc(-c3ccc4oc5ccccc5c4c3)cc(-c3ccc4oc5ccccc5c4c3)c2)c(-c2ccccc2)c1. The van der Waals surface area contributed by atoms with E-state index in [1.54, 1.807) is 0 Å². The average molecular weight is 588 g/mol. The summed E-state index contributed by atoms with van der Waals surface area (Å²) in [6.45, 7) is 0. The van der Waals surface area contributed by atoms with Gasteiger partial charge in [0.1, 0.15) is 22.3 Å². The van der Waals surface area contributed by atoms with Gasteiger partial charge in [0.2, 0.25) is 0 Å².